The number of ether oxygens (including phenoxy) is 1. The van der Waals surface area contributed by atoms with E-state index in [0.29, 0.717) is 44.6 Å². The largest absolute Gasteiger partial charge is 0.493 e. The zero-order valence-electron chi connectivity index (χ0n) is 18.0. The van der Waals surface area contributed by atoms with Crippen molar-refractivity contribution in [3.05, 3.63) is 59.1 Å². The Morgan fingerprint density at radius 3 is 3.00 bits per heavy atom. The predicted molar refractivity (Wildman–Crippen MR) is 117 cm³/mol. The molecule has 1 N–H and O–H groups in total. The van der Waals surface area contributed by atoms with Gasteiger partial charge in [-0.2, -0.15) is 0 Å². The summed E-state index contributed by atoms with van der Waals surface area (Å²) in [5.41, 5.74) is 4.42. The summed E-state index contributed by atoms with van der Waals surface area (Å²) in [5, 5.41) is 11.2. The number of amides is 2. The second-order valence-corrected chi connectivity index (χ2v) is 7.97. The van der Waals surface area contributed by atoms with Gasteiger partial charge in [0.2, 0.25) is 0 Å². The number of nitrogens with one attached hydrogen (secondary N) is 1. The molecule has 9 heteroatoms. The molecule has 0 radical (unpaired) electrons. The third-order valence-electron chi connectivity index (χ3n) is 6.12. The number of nitrogens with zero attached hydrogens (tertiary/aromatic N) is 5. The molecule has 0 saturated carbocycles. The van der Waals surface area contributed by atoms with E-state index in [9.17, 15) is 9.18 Å². The molecule has 3 aromatic rings. The van der Waals surface area contributed by atoms with Gasteiger partial charge in [-0.1, -0.05) is 6.08 Å². The Morgan fingerprint density at radius 1 is 1.28 bits per heavy atom. The number of aromatic nitrogens is 4. The maximum absolute atomic E-state index is 14.5. The normalized spacial score (nSPS) is 15.4. The fraction of sp³-hybridized carbons (Fsp3) is 0.391. The lowest BCUT2D eigenvalue weighted by Gasteiger charge is -2.26. The summed E-state index contributed by atoms with van der Waals surface area (Å²) in [4.78, 5) is 18.5. The first-order valence-electron chi connectivity index (χ1n) is 11.0. The molecule has 2 aliphatic heterocycles. The number of fused-ring (bicyclic) bond motifs is 2. The summed E-state index contributed by atoms with van der Waals surface area (Å²) in [5.74, 6) is 1.37. The Hall–Kier alpha value is -3.49. The first kappa shape index (κ1) is 20.4. The smallest absolute Gasteiger partial charge is 0.317 e. The minimum Gasteiger partial charge on any atom is -0.493 e. The van der Waals surface area contributed by atoms with Crippen molar-refractivity contribution in [1.82, 2.24) is 29.8 Å². The van der Waals surface area contributed by atoms with Crippen molar-refractivity contribution in [3.63, 3.8) is 0 Å². The molecule has 0 fully saturated rings. The second kappa shape index (κ2) is 8.57. The highest BCUT2D eigenvalue weighted by atomic mass is 19.1. The topological polar surface area (TPSA) is 84.7 Å². The van der Waals surface area contributed by atoms with E-state index < -0.39 is 0 Å². The molecule has 4 heterocycles. The van der Waals surface area contributed by atoms with E-state index in [0.717, 1.165) is 46.8 Å². The van der Waals surface area contributed by atoms with Gasteiger partial charge >= 0.3 is 6.03 Å². The van der Waals surface area contributed by atoms with Crippen LogP contribution >= 0.6 is 0 Å². The summed E-state index contributed by atoms with van der Waals surface area (Å²) >= 11 is 0. The average molecular weight is 436 g/mol. The lowest BCUT2D eigenvalue weighted by atomic mass is 9.99. The Bertz CT molecular complexity index is 1200. The van der Waals surface area contributed by atoms with Crippen molar-refractivity contribution in [2.75, 3.05) is 26.2 Å². The van der Waals surface area contributed by atoms with Crippen LogP contribution in [0, 0.1) is 5.82 Å². The first-order chi connectivity index (χ1) is 15.7. The number of halogens is 1. The summed E-state index contributed by atoms with van der Waals surface area (Å²) in [6, 6.07) is 3.13. The van der Waals surface area contributed by atoms with Gasteiger partial charge < -0.3 is 15.0 Å². The van der Waals surface area contributed by atoms with E-state index in [4.69, 9.17) is 4.74 Å². The molecule has 0 bridgehead atoms. The summed E-state index contributed by atoms with van der Waals surface area (Å²) in [7, 11) is 0. The van der Waals surface area contributed by atoms with Gasteiger partial charge in [0.25, 0.3) is 0 Å². The van der Waals surface area contributed by atoms with Gasteiger partial charge in [-0.15, -0.1) is 10.2 Å². The van der Waals surface area contributed by atoms with Crippen LogP contribution < -0.4 is 10.1 Å². The number of aryl methyl sites for hydroxylation is 1. The highest BCUT2D eigenvalue weighted by Gasteiger charge is 2.22. The molecule has 32 heavy (non-hydrogen) atoms. The number of hydrogen-bond donors (Lipinski definition) is 1. The van der Waals surface area contributed by atoms with Crippen molar-refractivity contribution in [2.24, 2.45) is 0 Å². The van der Waals surface area contributed by atoms with Gasteiger partial charge in [0.1, 0.15) is 23.7 Å². The van der Waals surface area contributed by atoms with Gasteiger partial charge in [0.15, 0.2) is 5.65 Å². The van der Waals surface area contributed by atoms with E-state index in [-0.39, 0.29) is 11.8 Å². The minimum absolute atomic E-state index is 0.0473. The van der Waals surface area contributed by atoms with Crippen LogP contribution in [0.1, 0.15) is 35.9 Å². The van der Waals surface area contributed by atoms with Crippen LogP contribution in [-0.4, -0.2) is 56.8 Å². The molecule has 2 aromatic heterocycles. The predicted octanol–water partition coefficient (Wildman–Crippen LogP) is 2.80. The maximum atomic E-state index is 14.5. The summed E-state index contributed by atoms with van der Waals surface area (Å²) in [6.45, 7) is 4.30. The highest BCUT2D eigenvalue weighted by molar-refractivity contribution is 5.79. The number of urea groups is 1. The highest BCUT2D eigenvalue weighted by Crippen LogP contribution is 2.31. The molecule has 8 nitrogen and oxygen atoms in total. The third-order valence-corrected chi connectivity index (χ3v) is 6.12. The van der Waals surface area contributed by atoms with Crippen molar-refractivity contribution in [2.45, 2.75) is 32.6 Å². The van der Waals surface area contributed by atoms with Crippen molar-refractivity contribution < 1.29 is 13.9 Å². The number of carbonyl (C=O) groups is 1. The molecular weight excluding hydrogens is 411 g/mol. The van der Waals surface area contributed by atoms with Gasteiger partial charge in [-0.25, -0.2) is 14.2 Å². The molecule has 2 aliphatic rings. The van der Waals surface area contributed by atoms with Crippen molar-refractivity contribution >= 4 is 17.3 Å². The van der Waals surface area contributed by atoms with Crippen LogP contribution in [0.3, 0.4) is 0 Å². The quantitative estimate of drug-likeness (QED) is 0.665. The average Bonchev–Trinajstić information content (AvgIpc) is 3.49. The van der Waals surface area contributed by atoms with E-state index in [1.807, 2.05) is 23.6 Å². The molecule has 2 amide bonds. The Labute approximate surface area is 185 Å². The van der Waals surface area contributed by atoms with Gasteiger partial charge in [-0.3, -0.25) is 4.40 Å². The lowest BCUT2D eigenvalue weighted by molar-refractivity contribution is 0.203. The Morgan fingerprint density at radius 2 is 2.19 bits per heavy atom. The summed E-state index contributed by atoms with van der Waals surface area (Å²) < 4.78 is 22.0. The van der Waals surface area contributed by atoms with Crippen LogP contribution in [0.5, 0.6) is 5.75 Å². The minimum atomic E-state index is -0.199. The number of rotatable bonds is 5. The number of benzene rings is 1. The number of carbonyl (C=O) groups excluding carboxylic acids is 1. The Kier molecular flexibility index (Phi) is 5.46. The first-order valence-corrected chi connectivity index (χ1v) is 11.0. The standard InChI is InChI=1S/C23H25FN6O2/c1-2-25-23(31)29-10-7-15(8-11-29)18-13-26-21(30-14-27-28-22(18)30)6-3-16-17-9-12-32-20(17)5-4-19(16)24/h4-5,7,13-14H,2-3,6,8-12H2,1H3,(H,25,31). The summed E-state index contributed by atoms with van der Waals surface area (Å²) in [6.07, 6.45) is 8.07. The van der Waals surface area contributed by atoms with Crippen LogP contribution in [0.25, 0.3) is 11.2 Å². The van der Waals surface area contributed by atoms with E-state index in [2.05, 4.69) is 20.5 Å². The fourth-order valence-corrected chi connectivity index (χ4v) is 4.46. The van der Waals surface area contributed by atoms with Crippen LogP contribution in [0.15, 0.2) is 30.7 Å². The van der Waals surface area contributed by atoms with E-state index >= 15 is 0 Å². The lowest BCUT2D eigenvalue weighted by Crippen LogP contribution is -2.42. The second-order valence-electron chi connectivity index (χ2n) is 7.97. The zero-order chi connectivity index (χ0) is 22.1. The molecule has 0 aliphatic carbocycles. The number of hydrogen-bond acceptors (Lipinski definition) is 5. The maximum Gasteiger partial charge on any atom is 0.317 e. The zero-order valence-corrected chi connectivity index (χ0v) is 18.0. The van der Waals surface area contributed by atoms with Crippen LogP contribution in [-0.2, 0) is 19.3 Å². The van der Waals surface area contributed by atoms with Gasteiger partial charge in [-0.05, 0) is 43.0 Å². The fourth-order valence-electron chi connectivity index (χ4n) is 4.46. The molecule has 1 aromatic carbocycles. The molecule has 0 spiro atoms. The molecule has 166 valence electrons. The van der Waals surface area contributed by atoms with Gasteiger partial charge in [0.05, 0.1) is 6.61 Å². The van der Waals surface area contributed by atoms with E-state index in [1.54, 1.807) is 17.3 Å². The third kappa shape index (κ3) is 3.68. The SMILES string of the molecule is CCNC(=O)N1CC=C(c2cnc(CCc3c(F)ccc4c3CCO4)n3cnnc23)CC1. The molecule has 0 atom stereocenters. The van der Waals surface area contributed by atoms with Crippen molar-refractivity contribution in [3.8, 4) is 5.75 Å². The van der Waals surface area contributed by atoms with Gasteiger partial charge in [0, 0.05) is 49.8 Å². The van der Waals surface area contributed by atoms with E-state index in [1.165, 1.54) is 6.07 Å². The monoisotopic (exact) mass is 436 g/mol. The molecule has 0 saturated heterocycles. The Balaban J connectivity index is 1.37. The van der Waals surface area contributed by atoms with Crippen LogP contribution in [0.2, 0.25) is 0 Å². The molecule has 0 unspecified atom stereocenters. The molecule has 5 rings (SSSR count). The van der Waals surface area contributed by atoms with Crippen molar-refractivity contribution in [1.29, 1.82) is 0 Å². The molecular formula is C23H25FN6O2. The van der Waals surface area contributed by atoms with Crippen LogP contribution in [0.4, 0.5) is 9.18 Å².